The van der Waals surface area contributed by atoms with Gasteiger partial charge in [0, 0.05) is 24.0 Å². The van der Waals surface area contributed by atoms with Crippen molar-refractivity contribution in [2.45, 2.75) is 86.0 Å². The van der Waals surface area contributed by atoms with Gasteiger partial charge in [0.2, 0.25) is 0 Å². The maximum Gasteiger partial charge on any atom is 0.404 e. The maximum absolute atomic E-state index is 12.9. The molecule has 0 aliphatic carbocycles. The summed E-state index contributed by atoms with van der Waals surface area (Å²) in [6, 6.07) is 0. The highest BCUT2D eigenvalue weighted by atomic mass is 16.6. The number of hydrogen-bond acceptors (Lipinski definition) is 12. The van der Waals surface area contributed by atoms with Crippen molar-refractivity contribution in [1.82, 2.24) is 0 Å². The van der Waals surface area contributed by atoms with Crippen LogP contribution >= 0.6 is 0 Å². The summed E-state index contributed by atoms with van der Waals surface area (Å²) in [5.41, 5.74) is 22.0. The summed E-state index contributed by atoms with van der Waals surface area (Å²) in [4.78, 5) is 69.2. The average Bonchev–Trinajstić information content (AvgIpc) is 2.94. The van der Waals surface area contributed by atoms with Crippen molar-refractivity contribution in [1.29, 1.82) is 0 Å². The van der Waals surface area contributed by atoms with Gasteiger partial charge in [-0.25, -0.2) is 28.8 Å². The van der Waals surface area contributed by atoms with E-state index in [0.29, 0.717) is 48.0 Å². The molecule has 0 aliphatic heterocycles. The molecule has 1 atom stereocenters. The quantitative estimate of drug-likeness (QED) is 0.0522. The van der Waals surface area contributed by atoms with Gasteiger partial charge in [0.05, 0.1) is 13.2 Å². The number of amides is 4. The van der Waals surface area contributed by atoms with Gasteiger partial charge in [-0.1, -0.05) is 38.3 Å². The minimum absolute atomic E-state index is 0.00588. The molecule has 0 aromatic heterocycles. The smallest absolute Gasteiger partial charge is 0.404 e. The topological polar surface area (TPSA) is 262 Å². The van der Waals surface area contributed by atoms with E-state index in [1.165, 1.54) is 0 Å². The van der Waals surface area contributed by atoms with Gasteiger partial charge in [0.25, 0.3) is 0 Å². The molecule has 0 rings (SSSR count). The highest BCUT2D eigenvalue weighted by molar-refractivity contribution is 5.89. The van der Waals surface area contributed by atoms with Crippen LogP contribution in [0, 0.1) is 11.3 Å². The highest BCUT2D eigenvalue weighted by Crippen LogP contribution is 2.35. The van der Waals surface area contributed by atoms with Crippen LogP contribution in [-0.4, -0.2) is 76.0 Å². The molecule has 1 unspecified atom stereocenters. The zero-order valence-corrected chi connectivity index (χ0v) is 28.2. The van der Waals surface area contributed by atoms with Gasteiger partial charge in [0.15, 0.2) is 0 Å². The molecule has 0 bridgehead atoms. The minimum Gasteiger partial charge on any atom is -0.459 e. The van der Waals surface area contributed by atoms with E-state index in [0.717, 1.165) is 12.8 Å². The molecule has 0 aliphatic rings. The van der Waals surface area contributed by atoms with Crippen LogP contribution in [0.2, 0.25) is 0 Å². The molecule has 0 fully saturated rings. The van der Waals surface area contributed by atoms with Crippen LogP contribution in [0.5, 0.6) is 0 Å². The van der Waals surface area contributed by atoms with Crippen LogP contribution in [0.1, 0.15) is 86.0 Å². The molecule has 8 N–H and O–H groups in total. The third-order valence-electron chi connectivity index (χ3n) is 7.16. The number of nitrogens with two attached hydrogens (primary N) is 4. The molecule has 16 heteroatoms. The second-order valence-corrected chi connectivity index (χ2v) is 11.8. The fraction of sp³-hybridized carbons (Fsp3) is 0.677. The van der Waals surface area contributed by atoms with Crippen molar-refractivity contribution in [3.8, 4) is 0 Å². The second kappa shape index (κ2) is 22.9. The summed E-state index contributed by atoms with van der Waals surface area (Å²) >= 11 is 0. The van der Waals surface area contributed by atoms with E-state index in [1.807, 2.05) is 0 Å². The number of carbonyl (C=O) groups is 6. The van der Waals surface area contributed by atoms with Crippen molar-refractivity contribution in [3.05, 3.63) is 22.3 Å². The molecule has 0 spiro atoms. The van der Waals surface area contributed by atoms with E-state index in [1.54, 1.807) is 13.8 Å². The lowest BCUT2D eigenvalue weighted by molar-refractivity contribution is -0.141. The number of hydrogen-bond donors (Lipinski definition) is 4. The molecule has 0 aromatic rings. The zero-order chi connectivity index (χ0) is 36.0. The van der Waals surface area contributed by atoms with Crippen LogP contribution in [0.15, 0.2) is 22.3 Å². The van der Waals surface area contributed by atoms with Gasteiger partial charge in [-0.05, 0) is 57.3 Å². The van der Waals surface area contributed by atoms with E-state index in [2.05, 4.69) is 30.2 Å². The summed E-state index contributed by atoms with van der Waals surface area (Å²) in [6.45, 7) is 9.12. The summed E-state index contributed by atoms with van der Waals surface area (Å²) in [5.74, 6) is -0.880. The Kier molecular flexibility index (Phi) is 20.7. The number of carbonyl (C=O) groups excluding carboxylic acids is 6. The van der Waals surface area contributed by atoms with E-state index in [9.17, 15) is 28.8 Å². The Balaban J connectivity index is 5.34. The fourth-order valence-corrected chi connectivity index (χ4v) is 4.86. The average molecular weight is 673 g/mol. The molecular formula is C31H52N4O12. The summed E-state index contributed by atoms with van der Waals surface area (Å²) in [7, 11) is 0. The Morgan fingerprint density at radius 2 is 0.915 bits per heavy atom. The lowest BCUT2D eigenvalue weighted by Crippen LogP contribution is -2.21. The third kappa shape index (κ3) is 21.8. The molecular weight excluding hydrogens is 620 g/mol. The molecule has 4 amide bonds. The van der Waals surface area contributed by atoms with Crippen molar-refractivity contribution in [3.63, 3.8) is 0 Å². The van der Waals surface area contributed by atoms with Crippen LogP contribution in [0.4, 0.5) is 19.2 Å². The van der Waals surface area contributed by atoms with Gasteiger partial charge < -0.3 is 51.4 Å². The standard InChI is InChI=1S/C31H52N4O12/c1-20(7-6-8-23(21(2)10-13-44-27(32)38)25(36)42-15-17-46-29(34)40)19-31(4,5)12-9-24(22(3)11-14-45-28(33)39)26(37)43-16-18-47-30(35)41/h20H,6-19H2,1-5H3,(H2,32,38)(H2,33,39)(H2,34,40)(H2,35,41)/b23-21-,24-22-. The SMILES string of the molecule is C/C(CCOC(N)=O)=C(\CCCC(C)CC(C)(C)CC/C(C(=O)OCCOC(N)=O)=C(\C)CCOC(N)=O)C(=O)OCCOC(N)=O. The summed E-state index contributed by atoms with van der Waals surface area (Å²) in [5, 5.41) is 0. The number of ether oxygens (including phenoxy) is 6. The molecule has 16 nitrogen and oxygen atoms in total. The van der Waals surface area contributed by atoms with Crippen LogP contribution in [0.25, 0.3) is 0 Å². The first kappa shape index (κ1) is 42.5. The van der Waals surface area contributed by atoms with E-state index < -0.39 is 36.3 Å². The Bertz CT molecular complexity index is 1130. The molecule has 0 heterocycles. The lowest BCUT2D eigenvalue weighted by atomic mass is 9.77. The van der Waals surface area contributed by atoms with Crippen molar-refractivity contribution in [2.75, 3.05) is 39.6 Å². The predicted molar refractivity (Wildman–Crippen MR) is 169 cm³/mol. The minimum atomic E-state index is -0.975. The summed E-state index contributed by atoms with van der Waals surface area (Å²) in [6.07, 6.45) is 0.491. The van der Waals surface area contributed by atoms with Gasteiger partial charge >= 0.3 is 36.3 Å². The fourth-order valence-electron chi connectivity index (χ4n) is 4.86. The van der Waals surface area contributed by atoms with Crippen molar-refractivity contribution in [2.24, 2.45) is 34.3 Å². The van der Waals surface area contributed by atoms with E-state index in [-0.39, 0.29) is 63.8 Å². The molecule has 0 radical (unpaired) electrons. The number of rotatable bonds is 23. The van der Waals surface area contributed by atoms with Crippen LogP contribution in [0.3, 0.4) is 0 Å². The summed E-state index contributed by atoms with van der Waals surface area (Å²) < 4.78 is 29.4. The zero-order valence-electron chi connectivity index (χ0n) is 28.2. The molecule has 47 heavy (non-hydrogen) atoms. The molecule has 0 aromatic carbocycles. The van der Waals surface area contributed by atoms with Gasteiger partial charge in [-0.3, -0.25) is 0 Å². The number of esters is 2. The predicted octanol–water partition coefficient (Wildman–Crippen LogP) is 3.87. The molecule has 268 valence electrons. The first-order valence-corrected chi connectivity index (χ1v) is 15.4. The van der Waals surface area contributed by atoms with Crippen molar-refractivity contribution < 1.29 is 57.2 Å². The molecule has 0 saturated carbocycles. The van der Waals surface area contributed by atoms with E-state index >= 15 is 0 Å². The Morgan fingerprint density at radius 3 is 1.32 bits per heavy atom. The lowest BCUT2D eigenvalue weighted by Gasteiger charge is -2.29. The normalized spacial score (nSPS) is 12.9. The number of primary amides is 4. The Labute approximate surface area is 275 Å². The third-order valence-corrected chi connectivity index (χ3v) is 7.16. The van der Waals surface area contributed by atoms with Gasteiger partial charge in [-0.15, -0.1) is 0 Å². The van der Waals surface area contributed by atoms with E-state index in [4.69, 9.17) is 41.9 Å². The van der Waals surface area contributed by atoms with Gasteiger partial charge in [-0.2, -0.15) is 0 Å². The van der Waals surface area contributed by atoms with Crippen LogP contribution in [-0.2, 0) is 38.0 Å². The Hall–Kier alpha value is -4.50. The highest BCUT2D eigenvalue weighted by Gasteiger charge is 2.25. The maximum atomic E-state index is 12.9. The first-order valence-electron chi connectivity index (χ1n) is 15.4. The Morgan fingerprint density at radius 1 is 0.553 bits per heavy atom. The largest absolute Gasteiger partial charge is 0.459 e. The second-order valence-electron chi connectivity index (χ2n) is 11.8. The first-order chi connectivity index (χ1) is 21.9. The van der Waals surface area contributed by atoms with Crippen LogP contribution < -0.4 is 22.9 Å². The van der Waals surface area contributed by atoms with Gasteiger partial charge in [0.1, 0.15) is 26.4 Å². The monoisotopic (exact) mass is 672 g/mol. The molecule has 0 saturated heterocycles. The van der Waals surface area contributed by atoms with Crippen molar-refractivity contribution >= 4 is 36.3 Å².